The fourth-order valence-electron chi connectivity index (χ4n) is 1.63. The molecule has 5 nitrogen and oxygen atoms in total. The van der Waals surface area contributed by atoms with Gasteiger partial charge in [0.25, 0.3) is 0 Å². The first kappa shape index (κ1) is 14.9. The van der Waals surface area contributed by atoms with E-state index in [4.69, 9.17) is 5.11 Å². The molecule has 0 fully saturated rings. The second kappa shape index (κ2) is 6.72. The predicted octanol–water partition coefficient (Wildman–Crippen LogP) is 2.22. The third kappa shape index (κ3) is 3.94. The minimum absolute atomic E-state index is 0.0978. The quantitative estimate of drug-likeness (QED) is 0.860. The van der Waals surface area contributed by atoms with Crippen LogP contribution in [0.1, 0.15) is 19.8 Å². The van der Waals surface area contributed by atoms with Crippen molar-refractivity contribution in [2.75, 3.05) is 11.9 Å². The van der Waals surface area contributed by atoms with Gasteiger partial charge in [0.05, 0.1) is 5.69 Å². The number of aliphatic carboxylic acids is 1. The highest BCUT2D eigenvalue weighted by atomic mass is 19.1. The molecule has 1 rings (SSSR count). The largest absolute Gasteiger partial charge is 0.480 e. The summed E-state index contributed by atoms with van der Waals surface area (Å²) in [4.78, 5) is 23.9. The van der Waals surface area contributed by atoms with Gasteiger partial charge >= 0.3 is 12.0 Å². The second-order valence-corrected chi connectivity index (χ2v) is 4.14. The van der Waals surface area contributed by atoms with Crippen LogP contribution >= 0.6 is 0 Å². The molecule has 0 saturated carbocycles. The summed E-state index contributed by atoms with van der Waals surface area (Å²) in [6.07, 6.45) is 0.951. The number of nitrogens with one attached hydrogen (secondary N) is 1. The first-order valence-corrected chi connectivity index (χ1v) is 5.99. The molecule has 0 heterocycles. The molecule has 1 atom stereocenters. The molecule has 1 aromatic carbocycles. The van der Waals surface area contributed by atoms with E-state index in [0.717, 1.165) is 4.90 Å². The van der Waals surface area contributed by atoms with E-state index in [0.29, 0.717) is 12.8 Å². The third-order valence-corrected chi connectivity index (χ3v) is 2.69. The molecular weight excluding hydrogens is 251 g/mol. The number of halogens is 1. The molecule has 0 saturated heterocycles. The summed E-state index contributed by atoms with van der Waals surface area (Å²) >= 11 is 0. The zero-order chi connectivity index (χ0) is 14.4. The van der Waals surface area contributed by atoms with Crippen molar-refractivity contribution in [3.05, 3.63) is 30.1 Å². The van der Waals surface area contributed by atoms with Gasteiger partial charge in [0.2, 0.25) is 0 Å². The van der Waals surface area contributed by atoms with Crippen LogP contribution in [-0.4, -0.2) is 30.2 Å². The number of hydrogen-bond donors (Lipinski definition) is 2. The summed E-state index contributed by atoms with van der Waals surface area (Å²) in [5.41, 5.74) is 0.0978. The van der Waals surface area contributed by atoms with Crippen LogP contribution in [0.25, 0.3) is 0 Å². The van der Waals surface area contributed by atoms with Crippen LogP contribution in [-0.2, 0) is 4.79 Å². The van der Waals surface area contributed by atoms with Gasteiger partial charge in [-0.2, -0.15) is 0 Å². The van der Waals surface area contributed by atoms with Crippen molar-refractivity contribution in [2.24, 2.45) is 0 Å². The zero-order valence-electron chi connectivity index (χ0n) is 10.9. The van der Waals surface area contributed by atoms with Crippen molar-refractivity contribution in [3.63, 3.8) is 0 Å². The molecule has 1 aromatic rings. The highest BCUT2D eigenvalue weighted by Gasteiger charge is 2.22. The van der Waals surface area contributed by atoms with Crippen molar-refractivity contribution in [1.29, 1.82) is 0 Å². The van der Waals surface area contributed by atoms with Crippen LogP contribution in [0.5, 0.6) is 0 Å². The first-order chi connectivity index (χ1) is 8.97. The molecule has 104 valence electrons. The fraction of sp³-hybridized carbons (Fsp3) is 0.385. The Labute approximate surface area is 111 Å². The van der Waals surface area contributed by atoms with Crippen molar-refractivity contribution in [1.82, 2.24) is 5.32 Å². The van der Waals surface area contributed by atoms with Gasteiger partial charge in [-0.1, -0.05) is 25.5 Å². The normalized spacial score (nSPS) is 11.7. The van der Waals surface area contributed by atoms with E-state index in [1.54, 1.807) is 6.07 Å². The molecule has 0 aromatic heterocycles. The maximum atomic E-state index is 13.5. The lowest BCUT2D eigenvalue weighted by molar-refractivity contribution is -0.139. The van der Waals surface area contributed by atoms with Gasteiger partial charge in [0.1, 0.15) is 11.9 Å². The standard InChI is InChI=1S/C13H17FN2O3/c1-3-6-10(12(17)18)15-13(19)16(2)11-8-5-4-7-9(11)14/h4-5,7-8,10H,3,6H2,1-2H3,(H,15,19)(H,17,18)/t10-/m0/s1. The average Bonchev–Trinajstić information content (AvgIpc) is 2.37. The van der Waals surface area contributed by atoms with Crippen LogP contribution < -0.4 is 10.2 Å². The van der Waals surface area contributed by atoms with E-state index in [9.17, 15) is 14.0 Å². The summed E-state index contributed by atoms with van der Waals surface area (Å²) in [5, 5.41) is 11.3. The van der Waals surface area contributed by atoms with Gasteiger partial charge in [0.15, 0.2) is 0 Å². The van der Waals surface area contributed by atoms with Gasteiger partial charge in [-0.05, 0) is 18.6 Å². The van der Waals surface area contributed by atoms with E-state index < -0.39 is 23.9 Å². The summed E-state index contributed by atoms with van der Waals surface area (Å²) in [6.45, 7) is 1.82. The molecule has 6 heteroatoms. The lowest BCUT2D eigenvalue weighted by Gasteiger charge is -2.21. The van der Waals surface area contributed by atoms with E-state index in [2.05, 4.69) is 5.32 Å². The lowest BCUT2D eigenvalue weighted by Crippen LogP contribution is -2.47. The highest BCUT2D eigenvalue weighted by Crippen LogP contribution is 2.17. The smallest absolute Gasteiger partial charge is 0.326 e. The lowest BCUT2D eigenvalue weighted by atomic mass is 10.2. The Morgan fingerprint density at radius 3 is 2.58 bits per heavy atom. The number of carboxylic acid groups (broad SMARTS) is 1. The molecule has 19 heavy (non-hydrogen) atoms. The minimum Gasteiger partial charge on any atom is -0.480 e. The van der Waals surface area contributed by atoms with Gasteiger partial charge in [-0.25, -0.2) is 14.0 Å². The minimum atomic E-state index is -1.10. The van der Waals surface area contributed by atoms with Crippen molar-refractivity contribution in [3.8, 4) is 0 Å². The molecule has 0 aliphatic carbocycles. The Kier molecular flexibility index (Phi) is 5.29. The predicted molar refractivity (Wildman–Crippen MR) is 69.7 cm³/mol. The van der Waals surface area contributed by atoms with Crippen LogP contribution in [0.3, 0.4) is 0 Å². The number of para-hydroxylation sites is 1. The van der Waals surface area contributed by atoms with Crippen molar-refractivity contribution in [2.45, 2.75) is 25.8 Å². The molecule has 2 N–H and O–H groups in total. The average molecular weight is 268 g/mol. The zero-order valence-corrected chi connectivity index (χ0v) is 10.9. The molecule has 0 aliphatic rings. The van der Waals surface area contributed by atoms with Crippen molar-refractivity contribution < 1.29 is 19.1 Å². The van der Waals surface area contributed by atoms with Crippen LogP contribution in [0.15, 0.2) is 24.3 Å². The molecular formula is C13H17FN2O3. The van der Waals surface area contributed by atoms with Crippen LogP contribution in [0.4, 0.5) is 14.9 Å². The summed E-state index contributed by atoms with van der Waals surface area (Å²) < 4.78 is 13.5. The second-order valence-electron chi connectivity index (χ2n) is 4.14. The van der Waals surface area contributed by atoms with Gasteiger partial charge < -0.3 is 10.4 Å². The number of benzene rings is 1. The topological polar surface area (TPSA) is 69.6 Å². The van der Waals surface area contributed by atoms with E-state index in [-0.39, 0.29) is 5.69 Å². The molecule has 0 bridgehead atoms. The number of amides is 2. The van der Waals surface area contributed by atoms with Crippen molar-refractivity contribution >= 4 is 17.7 Å². The number of carbonyl (C=O) groups is 2. The third-order valence-electron chi connectivity index (χ3n) is 2.69. The number of rotatable bonds is 5. The van der Waals surface area contributed by atoms with Gasteiger partial charge in [-0.15, -0.1) is 0 Å². The number of anilines is 1. The Morgan fingerprint density at radius 1 is 1.42 bits per heavy atom. The molecule has 2 amide bonds. The maximum Gasteiger partial charge on any atom is 0.326 e. The van der Waals surface area contributed by atoms with Gasteiger partial charge in [0, 0.05) is 7.05 Å². The Morgan fingerprint density at radius 2 is 2.05 bits per heavy atom. The SMILES string of the molecule is CCC[C@H](NC(=O)N(C)c1ccccc1F)C(=O)O. The highest BCUT2D eigenvalue weighted by molar-refractivity contribution is 5.94. The number of carboxylic acids is 1. The van der Waals surface area contributed by atoms with Crippen LogP contribution in [0.2, 0.25) is 0 Å². The Balaban J connectivity index is 2.77. The van der Waals surface area contributed by atoms with E-state index in [1.165, 1.54) is 25.2 Å². The summed E-state index contributed by atoms with van der Waals surface area (Å²) in [7, 11) is 1.39. The first-order valence-electron chi connectivity index (χ1n) is 5.99. The fourth-order valence-corrected chi connectivity index (χ4v) is 1.63. The molecule has 0 unspecified atom stereocenters. The Hall–Kier alpha value is -2.11. The van der Waals surface area contributed by atoms with E-state index >= 15 is 0 Å². The number of hydrogen-bond acceptors (Lipinski definition) is 2. The number of carbonyl (C=O) groups excluding carboxylic acids is 1. The maximum absolute atomic E-state index is 13.5. The summed E-state index contributed by atoms with van der Waals surface area (Å²) in [6, 6.07) is 4.19. The van der Waals surface area contributed by atoms with E-state index in [1.807, 2.05) is 6.92 Å². The molecule has 0 radical (unpaired) electrons. The number of urea groups is 1. The molecule has 0 aliphatic heterocycles. The molecule has 0 spiro atoms. The monoisotopic (exact) mass is 268 g/mol. The van der Waals surface area contributed by atoms with Crippen LogP contribution in [0, 0.1) is 5.82 Å². The summed E-state index contributed by atoms with van der Waals surface area (Å²) in [5.74, 6) is -1.64. The Bertz CT molecular complexity index is 465. The van der Waals surface area contributed by atoms with Gasteiger partial charge in [-0.3, -0.25) is 4.90 Å². The number of nitrogens with zero attached hydrogens (tertiary/aromatic N) is 1.